The lowest BCUT2D eigenvalue weighted by Gasteiger charge is -2.00. The lowest BCUT2D eigenvalue weighted by molar-refractivity contribution is 0.741. The Morgan fingerprint density at radius 2 is 2.19 bits per heavy atom. The van der Waals surface area contributed by atoms with Gasteiger partial charge in [0.05, 0.1) is 11.0 Å². The first-order chi connectivity index (χ1) is 7.76. The number of nitrogens with zero attached hydrogens (tertiary/aromatic N) is 2. The van der Waals surface area contributed by atoms with Crippen molar-refractivity contribution in [3.8, 4) is 0 Å². The van der Waals surface area contributed by atoms with Crippen LogP contribution in [-0.2, 0) is 19.9 Å². The standard InChI is InChI=1S/C13H19N3/c1-3-10-6-7-12-11(9-10)15-13(16(12)2)5-4-8-14/h6-7,9H,3-5,8,14H2,1-2H3. The van der Waals surface area contributed by atoms with Gasteiger partial charge in [-0.2, -0.15) is 0 Å². The maximum absolute atomic E-state index is 5.53. The molecule has 2 N–H and O–H groups in total. The maximum Gasteiger partial charge on any atom is 0.109 e. The molecule has 0 aliphatic heterocycles. The van der Waals surface area contributed by atoms with Gasteiger partial charge in [0.2, 0.25) is 0 Å². The predicted molar refractivity (Wildman–Crippen MR) is 67.5 cm³/mol. The molecule has 2 rings (SSSR count). The third-order valence-corrected chi connectivity index (χ3v) is 3.05. The number of aromatic nitrogens is 2. The van der Waals surface area contributed by atoms with Gasteiger partial charge in [-0.05, 0) is 37.1 Å². The lowest BCUT2D eigenvalue weighted by Crippen LogP contribution is -2.04. The number of aryl methyl sites for hydroxylation is 3. The summed E-state index contributed by atoms with van der Waals surface area (Å²) in [6, 6.07) is 6.52. The van der Waals surface area contributed by atoms with Crippen molar-refractivity contribution in [1.29, 1.82) is 0 Å². The molecule has 1 aromatic carbocycles. The Hall–Kier alpha value is -1.35. The summed E-state index contributed by atoms with van der Waals surface area (Å²) in [6.07, 6.45) is 3.02. The summed E-state index contributed by atoms with van der Waals surface area (Å²) in [5.41, 5.74) is 9.19. The first-order valence-corrected chi connectivity index (χ1v) is 5.90. The molecule has 0 radical (unpaired) electrons. The normalized spacial score (nSPS) is 11.2. The predicted octanol–water partition coefficient (Wildman–Crippen LogP) is 2.03. The molecule has 0 unspecified atom stereocenters. The van der Waals surface area contributed by atoms with E-state index in [2.05, 4.69) is 41.7 Å². The Balaban J connectivity index is 2.41. The summed E-state index contributed by atoms with van der Waals surface area (Å²) in [5.74, 6) is 1.13. The van der Waals surface area contributed by atoms with E-state index in [0.29, 0.717) is 0 Å². The van der Waals surface area contributed by atoms with E-state index in [1.807, 2.05) is 0 Å². The van der Waals surface area contributed by atoms with Crippen molar-refractivity contribution in [1.82, 2.24) is 9.55 Å². The molecule has 3 heteroatoms. The molecular formula is C13H19N3. The van der Waals surface area contributed by atoms with E-state index in [9.17, 15) is 0 Å². The van der Waals surface area contributed by atoms with Gasteiger partial charge in [-0.1, -0.05) is 13.0 Å². The van der Waals surface area contributed by atoms with Crippen LogP contribution in [0, 0.1) is 0 Å². The van der Waals surface area contributed by atoms with Crippen molar-refractivity contribution < 1.29 is 0 Å². The minimum absolute atomic E-state index is 0.726. The topological polar surface area (TPSA) is 43.8 Å². The average molecular weight is 217 g/mol. The second-order valence-corrected chi connectivity index (χ2v) is 4.16. The fraction of sp³-hybridized carbons (Fsp3) is 0.462. The van der Waals surface area contributed by atoms with Crippen LogP contribution in [-0.4, -0.2) is 16.1 Å². The molecule has 1 aromatic heterocycles. The molecule has 0 amide bonds. The number of hydrogen-bond acceptors (Lipinski definition) is 2. The average Bonchev–Trinajstić information content (AvgIpc) is 2.63. The molecule has 0 aliphatic carbocycles. The molecule has 1 heterocycles. The van der Waals surface area contributed by atoms with Crippen LogP contribution in [0.1, 0.15) is 24.7 Å². The minimum atomic E-state index is 0.726. The van der Waals surface area contributed by atoms with Crippen LogP contribution < -0.4 is 5.73 Å². The highest BCUT2D eigenvalue weighted by molar-refractivity contribution is 5.76. The first-order valence-electron chi connectivity index (χ1n) is 5.90. The number of nitrogens with two attached hydrogens (primary N) is 1. The van der Waals surface area contributed by atoms with Crippen molar-refractivity contribution in [2.75, 3.05) is 6.54 Å². The van der Waals surface area contributed by atoms with Gasteiger partial charge in [-0.3, -0.25) is 0 Å². The largest absolute Gasteiger partial charge is 0.331 e. The van der Waals surface area contributed by atoms with Gasteiger partial charge in [0.1, 0.15) is 5.82 Å². The smallest absolute Gasteiger partial charge is 0.109 e. The zero-order chi connectivity index (χ0) is 11.5. The molecule has 0 aliphatic rings. The van der Waals surface area contributed by atoms with Crippen molar-refractivity contribution in [3.63, 3.8) is 0 Å². The molecule has 0 bridgehead atoms. The quantitative estimate of drug-likeness (QED) is 0.851. The van der Waals surface area contributed by atoms with E-state index < -0.39 is 0 Å². The maximum atomic E-state index is 5.53. The van der Waals surface area contributed by atoms with Crippen LogP contribution in [0.5, 0.6) is 0 Å². The second kappa shape index (κ2) is 4.66. The van der Waals surface area contributed by atoms with E-state index in [4.69, 9.17) is 5.73 Å². The zero-order valence-electron chi connectivity index (χ0n) is 10.0. The number of benzene rings is 1. The van der Waals surface area contributed by atoms with Crippen molar-refractivity contribution in [2.24, 2.45) is 12.8 Å². The second-order valence-electron chi connectivity index (χ2n) is 4.16. The third-order valence-electron chi connectivity index (χ3n) is 3.05. The van der Waals surface area contributed by atoms with Crippen molar-refractivity contribution >= 4 is 11.0 Å². The highest BCUT2D eigenvalue weighted by atomic mass is 15.1. The van der Waals surface area contributed by atoms with Crippen LogP contribution in [0.3, 0.4) is 0 Å². The summed E-state index contributed by atoms with van der Waals surface area (Å²) in [6.45, 7) is 2.89. The summed E-state index contributed by atoms with van der Waals surface area (Å²) >= 11 is 0. The van der Waals surface area contributed by atoms with E-state index in [1.54, 1.807) is 0 Å². The Bertz CT molecular complexity index is 485. The molecular weight excluding hydrogens is 198 g/mol. The van der Waals surface area contributed by atoms with Crippen LogP contribution in [0.25, 0.3) is 11.0 Å². The summed E-state index contributed by atoms with van der Waals surface area (Å²) in [4.78, 5) is 4.67. The number of imidazole rings is 1. The Kier molecular flexibility index (Phi) is 3.25. The van der Waals surface area contributed by atoms with Gasteiger partial charge in [-0.25, -0.2) is 4.98 Å². The highest BCUT2D eigenvalue weighted by Crippen LogP contribution is 2.17. The van der Waals surface area contributed by atoms with E-state index in [-0.39, 0.29) is 0 Å². The van der Waals surface area contributed by atoms with E-state index in [1.165, 1.54) is 11.1 Å². The highest BCUT2D eigenvalue weighted by Gasteiger charge is 2.07. The molecule has 0 atom stereocenters. The van der Waals surface area contributed by atoms with Gasteiger partial charge in [0.15, 0.2) is 0 Å². The van der Waals surface area contributed by atoms with Crippen LogP contribution in [0.4, 0.5) is 0 Å². The lowest BCUT2D eigenvalue weighted by atomic mass is 10.1. The fourth-order valence-electron chi connectivity index (χ4n) is 2.00. The molecule has 0 saturated heterocycles. The van der Waals surface area contributed by atoms with Crippen LogP contribution in [0.2, 0.25) is 0 Å². The van der Waals surface area contributed by atoms with Crippen molar-refractivity contribution in [3.05, 3.63) is 29.6 Å². The zero-order valence-corrected chi connectivity index (χ0v) is 10.0. The van der Waals surface area contributed by atoms with Gasteiger partial charge in [-0.15, -0.1) is 0 Å². The molecule has 86 valence electrons. The first kappa shape index (κ1) is 11.1. The minimum Gasteiger partial charge on any atom is -0.331 e. The number of hydrogen-bond donors (Lipinski definition) is 1. The molecule has 0 saturated carbocycles. The Morgan fingerprint density at radius 1 is 1.38 bits per heavy atom. The summed E-state index contributed by atoms with van der Waals surface area (Å²) < 4.78 is 2.17. The van der Waals surface area contributed by atoms with Gasteiger partial charge in [0, 0.05) is 13.5 Å². The summed E-state index contributed by atoms with van der Waals surface area (Å²) in [5, 5.41) is 0. The molecule has 3 nitrogen and oxygen atoms in total. The van der Waals surface area contributed by atoms with Gasteiger partial charge in [0.25, 0.3) is 0 Å². The Labute approximate surface area is 96.3 Å². The fourth-order valence-corrected chi connectivity index (χ4v) is 2.00. The van der Waals surface area contributed by atoms with E-state index in [0.717, 1.165) is 37.1 Å². The van der Waals surface area contributed by atoms with Gasteiger partial charge < -0.3 is 10.3 Å². The van der Waals surface area contributed by atoms with Crippen LogP contribution >= 0.6 is 0 Å². The number of fused-ring (bicyclic) bond motifs is 1. The Morgan fingerprint density at radius 3 is 2.88 bits per heavy atom. The van der Waals surface area contributed by atoms with Crippen LogP contribution in [0.15, 0.2) is 18.2 Å². The number of rotatable bonds is 4. The SMILES string of the molecule is CCc1ccc2c(c1)nc(CCCN)n2C. The van der Waals surface area contributed by atoms with Crippen molar-refractivity contribution in [2.45, 2.75) is 26.2 Å². The molecule has 2 aromatic rings. The van der Waals surface area contributed by atoms with Gasteiger partial charge >= 0.3 is 0 Å². The molecule has 16 heavy (non-hydrogen) atoms. The molecule has 0 spiro atoms. The molecule has 0 fully saturated rings. The third kappa shape index (κ3) is 1.95. The monoisotopic (exact) mass is 217 g/mol. The summed E-state index contributed by atoms with van der Waals surface area (Å²) in [7, 11) is 2.08. The van der Waals surface area contributed by atoms with E-state index >= 15 is 0 Å².